The van der Waals surface area contributed by atoms with E-state index in [4.69, 9.17) is 14.2 Å². The van der Waals surface area contributed by atoms with Gasteiger partial charge in [0.15, 0.2) is 11.5 Å². The molecule has 1 aliphatic heterocycles. The molecule has 1 aliphatic carbocycles. The largest absolute Gasteiger partial charge is 0.487 e. The van der Waals surface area contributed by atoms with Crippen LogP contribution in [0.5, 0.6) is 17.2 Å². The van der Waals surface area contributed by atoms with Crippen LogP contribution >= 0.6 is 11.3 Å². The average Bonchev–Trinajstić information content (AvgIpc) is 3.58. The zero-order valence-corrected chi connectivity index (χ0v) is 18.0. The molecule has 0 atom stereocenters. The molecule has 5 rings (SSSR count). The molecule has 2 aliphatic rings. The summed E-state index contributed by atoms with van der Waals surface area (Å²) < 4.78 is 16.7. The highest BCUT2D eigenvalue weighted by Gasteiger charge is 2.28. The van der Waals surface area contributed by atoms with Gasteiger partial charge >= 0.3 is 0 Å². The fraction of sp³-hybridized carbons (Fsp3) is 0.333. The molecule has 2 aromatic carbocycles. The van der Waals surface area contributed by atoms with E-state index in [2.05, 4.69) is 4.98 Å². The van der Waals surface area contributed by atoms with E-state index in [0.29, 0.717) is 18.7 Å². The van der Waals surface area contributed by atoms with Crippen molar-refractivity contribution in [1.29, 1.82) is 0 Å². The monoisotopic (exact) mass is 436 g/mol. The fourth-order valence-electron chi connectivity index (χ4n) is 4.14. The Morgan fingerprint density at radius 3 is 2.68 bits per heavy atom. The van der Waals surface area contributed by atoms with Gasteiger partial charge in [-0.2, -0.15) is 0 Å². The van der Waals surface area contributed by atoms with Crippen molar-refractivity contribution >= 4 is 17.2 Å². The first-order chi connectivity index (χ1) is 15.3. The van der Waals surface area contributed by atoms with Crippen LogP contribution in [-0.4, -0.2) is 28.6 Å². The third kappa shape index (κ3) is 4.51. The van der Waals surface area contributed by atoms with Crippen LogP contribution in [0.2, 0.25) is 0 Å². The van der Waals surface area contributed by atoms with E-state index in [1.165, 1.54) is 12.8 Å². The number of rotatable bonds is 7. The molecule has 3 aromatic rings. The molecule has 1 amide bonds. The molecule has 0 spiro atoms. The molecule has 1 fully saturated rings. The quantitative estimate of drug-likeness (QED) is 0.520. The number of thiazole rings is 1. The van der Waals surface area contributed by atoms with Crippen molar-refractivity contribution in [3.63, 3.8) is 0 Å². The summed E-state index contributed by atoms with van der Waals surface area (Å²) >= 11 is 1.55. The van der Waals surface area contributed by atoms with Gasteiger partial charge in [-0.05, 0) is 54.8 Å². The minimum absolute atomic E-state index is 0.0515. The van der Waals surface area contributed by atoms with Crippen LogP contribution < -0.4 is 14.2 Å². The van der Waals surface area contributed by atoms with E-state index < -0.39 is 0 Å². The van der Waals surface area contributed by atoms with E-state index >= 15 is 0 Å². The Morgan fingerprint density at radius 1 is 1.10 bits per heavy atom. The van der Waals surface area contributed by atoms with Gasteiger partial charge in [0.25, 0.3) is 5.91 Å². The number of carbonyl (C=O) groups is 1. The summed E-state index contributed by atoms with van der Waals surface area (Å²) in [4.78, 5) is 19.7. The first-order valence-corrected chi connectivity index (χ1v) is 11.5. The summed E-state index contributed by atoms with van der Waals surface area (Å²) in [6, 6.07) is 13.6. The molecule has 1 saturated carbocycles. The van der Waals surface area contributed by atoms with Crippen LogP contribution in [0.25, 0.3) is 0 Å². The van der Waals surface area contributed by atoms with Crippen molar-refractivity contribution in [1.82, 2.24) is 9.88 Å². The minimum Gasteiger partial charge on any atom is -0.487 e. The van der Waals surface area contributed by atoms with Gasteiger partial charge in [0.05, 0.1) is 11.2 Å². The third-order valence-electron chi connectivity index (χ3n) is 5.79. The molecule has 31 heavy (non-hydrogen) atoms. The van der Waals surface area contributed by atoms with Gasteiger partial charge in [-0.15, -0.1) is 11.3 Å². The standard InChI is InChI=1S/C24H24N2O4S/c27-24(18-6-8-21(9-7-18)28-13-19-14-31-15-25-19)26(20-3-1-2-4-20)12-17-5-10-22-23(11-17)30-16-29-22/h5-11,14-15,20H,1-4,12-13,16H2. The van der Waals surface area contributed by atoms with Crippen LogP contribution in [0.3, 0.4) is 0 Å². The Balaban J connectivity index is 1.30. The van der Waals surface area contributed by atoms with Gasteiger partial charge < -0.3 is 19.1 Å². The fourth-order valence-corrected chi connectivity index (χ4v) is 4.69. The predicted molar refractivity (Wildman–Crippen MR) is 118 cm³/mol. The van der Waals surface area contributed by atoms with Gasteiger partial charge in [0.1, 0.15) is 12.4 Å². The van der Waals surface area contributed by atoms with Crippen LogP contribution in [0, 0.1) is 0 Å². The molecule has 0 saturated heterocycles. The van der Waals surface area contributed by atoms with Crippen LogP contribution in [0.1, 0.15) is 47.3 Å². The SMILES string of the molecule is O=C(c1ccc(OCc2cscn2)cc1)N(Cc1ccc2c(c1)OCO2)C1CCCC1. The second-order valence-corrected chi connectivity index (χ2v) is 8.57. The van der Waals surface area contributed by atoms with Crippen LogP contribution in [-0.2, 0) is 13.2 Å². The van der Waals surface area contributed by atoms with Crippen molar-refractivity contribution in [3.05, 3.63) is 70.2 Å². The third-order valence-corrected chi connectivity index (χ3v) is 6.42. The molecule has 1 aromatic heterocycles. The molecule has 0 radical (unpaired) electrons. The van der Waals surface area contributed by atoms with Gasteiger partial charge in [-0.3, -0.25) is 4.79 Å². The second kappa shape index (κ2) is 8.98. The van der Waals surface area contributed by atoms with Crippen molar-refractivity contribution in [2.75, 3.05) is 6.79 Å². The number of aromatic nitrogens is 1. The average molecular weight is 437 g/mol. The number of hydrogen-bond acceptors (Lipinski definition) is 6. The van der Waals surface area contributed by atoms with Gasteiger partial charge in [0, 0.05) is 23.5 Å². The molecule has 160 valence electrons. The van der Waals surface area contributed by atoms with E-state index in [9.17, 15) is 4.79 Å². The maximum Gasteiger partial charge on any atom is 0.254 e. The number of amides is 1. The second-order valence-electron chi connectivity index (χ2n) is 7.85. The number of hydrogen-bond donors (Lipinski definition) is 0. The maximum atomic E-state index is 13.4. The first kappa shape index (κ1) is 19.9. The highest BCUT2D eigenvalue weighted by atomic mass is 32.1. The number of benzene rings is 2. The Kier molecular flexibility index (Phi) is 5.76. The molecular weight excluding hydrogens is 412 g/mol. The lowest BCUT2D eigenvalue weighted by Crippen LogP contribution is -2.38. The zero-order valence-electron chi connectivity index (χ0n) is 17.2. The minimum atomic E-state index is 0.0515. The van der Waals surface area contributed by atoms with Crippen LogP contribution in [0.4, 0.5) is 0 Å². The van der Waals surface area contributed by atoms with Gasteiger partial charge in [-0.25, -0.2) is 4.98 Å². The van der Waals surface area contributed by atoms with Crippen molar-refractivity contribution in [2.24, 2.45) is 0 Å². The summed E-state index contributed by atoms with van der Waals surface area (Å²) in [7, 11) is 0. The lowest BCUT2D eigenvalue weighted by Gasteiger charge is -2.29. The van der Waals surface area contributed by atoms with E-state index in [1.54, 1.807) is 16.8 Å². The Hall–Kier alpha value is -3.06. The number of fused-ring (bicyclic) bond motifs is 1. The number of nitrogens with zero attached hydrogens (tertiary/aromatic N) is 2. The lowest BCUT2D eigenvalue weighted by atomic mass is 10.1. The van der Waals surface area contributed by atoms with Crippen LogP contribution in [0.15, 0.2) is 53.4 Å². The van der Waals surface area contributed by atoms with E-state index in [0.717, 1.165) is 41.3 Å². The Labute approximate surface area is 185 Å². The normalized spacial score (nSPS) is 15.2. The highest BCUT2D eigenvalue weighted by molar-refractivity contribution is 7.07. The summed E-state index contributed by atoms with van der Waals surface area (Å²) in [5.41, 5.74) is 4.42. The molecule has 6 nitrogen and oxygen atoms in total. The number of ether oxygens (including phenoxy) is 3. The summed E-state index contributed by atoms with van der Waals surface area (Å²) in [5.74, 6) is 2.29. The summed E-state index contributed by atoms with van der Waals surface area (Å²) in [6.07, 6.45) is 4.42. The molecular formula is C24H24N2O4S. The summed E-state index contributed by atoms with van der Waals surface area (Å²) in [5, 5.41) is 1.97. The smallest absolute Gasteiger partial charge is 0.254 e. The van der Waals surface area contributed by atoms with E-state index in [1.807, 2.05) is 52.7 Å². The predicted octanol–water partition coefficient (Wildman–Crippen LogP) is 5.04. The van der Waals surface area contributed by atoms with E-state index in [-0.39, 0.29) is 18.7 Å². The lowest BCUT2D eigenvalue weighted by molar-refractivity contribution is 0.0664. The van der Waals surface area contributed by atoms with Gasteiger partial charge in [-0.1, -0.05) is 18.9 Å². The molecule has 0 unspecified atom stereocenters. The molecule has 2 heterocycles. The molecule has 0 bridgehead atoms. The first-order valence-electron chi connectivity index (χ1n) is 10.6. The molecule has 7 heteroatoms. The van der Waals surface area contributed by atoms with Crippen molar-refractivity contribution in [2.45, 2.75) is 44.9 Å². The Bertz CT molecular complexity index is 1030. The highest BCUT2D eigenvalue weighted by Crippen LogP contribution is 2.34. The van der Waals surface area contributed by atoms with Crippen molar-refractivity contribution in [3.8, 4) is 17.2 Å². The molecule has 0 N–H and O–H groups in total. The number of carbonyl (C=O) groups excluding carboxylic acids is 1. The topological polar surface area (TPSA) is 60.9 Å². The zero-order chi connectivity index (χ0) is 21.0. The van der Waals surface area contributed by atoms with Gasteiger partial charge in [0.2, 0.25) is 6.79 Å². The van der Waals surface area contributed by atoms with Crippen molar-refractivity contribution < 1.29 is 19.0 Å². The maximum absolute atomic E-state index is 13.4. The summed E-state index contributed by atoms with van der Waals surface area (Å²) in [6.45, 7) is 1.23. The Morgan fingerprint density at radius 2 is 1.90 bits per heavy atom.